The number of hydrogen-bond donors (Lipinski definition) is 2. The lowest BCUT2D eigenvalue weighted by Crippen LogP contribution is -2.21. The molecule has 0 radical (unpaired) electrons. The Morgan fingerprint density at radius 3 is 2.66 bits per heavy atom. The number of rotatable bonds is 5. The van der Waals surface area contributed by atoms with Gasteiger partial charge in [-0.3, -0.25) is 9.52 Å². The lowest BCUT2D eigenvalue weighted by atomic mass is 10.1. The maximum atomic E-state index is 13.4. The van der Waals surface area contributed by atoms with E-state index >= 15 is 0 Å². The van der Waals surface area contributed by atoms with Crippen molar-refractivity contribution in [2.24, 2.45) is 0 Å². The van der Waals surface area contributed by atoms with Gasteiger partial charge in [0.2, 0.25) is 0 Å². The fourth-order valence-electron chi connectivity index (χ4n) is 2.68. The standard InChI is InChI=1S/C19H17Cl2FN2O4S/c1-11-8-13(2-4-15(11)22)24-19(25)17-14(20)3-5-16(18(17)21)29(26,27)23-9-12-6-7-28-10-12/h2-5,8-9,23H,6-7,10H2,1H3,(H,24,25)/b12-9+. The Labute approximate surface area is 177 Å². The maximum absolute atomic E-state index is 13.4. The number of carbonyl (C=O) groups excluding carboxylic acids is 1. The highest BCUT2D eigenvalue weighted by Gasteiger charge is 2.25. The van der Waals surface area contributed by atoms with Crippen molar-refractivity contribution in [1.29, 1.82) is 0 Å². The van der Waals surface area contributed by atoms with Crippen molar-refractivity contribution in [3.63, 3.8) is 0 Å². The summed E-state index contributed by atoms with van der Waals surface area (Å²) in [7, 11) is -4.04. The van der Waals surface area contributed by atoms with Crippen molar-refractivity contribution in [2.75, 3.05) is 18.5 Å². The second-order valence-electron chi connectivity index (χ2n) is 6.38. The molecule has 0 unspecified atom stereocenters. The predicted molar refractivity (Wildman–Crippen MR) is 109 cm³/mol. The summed E-state index contributed by atoms with van der Waals surface area (Å²) in [5.41, 5.74) is 1.25. The molecule has 1 fully saturated rings. The summed E-state index contributed by atoms with van der Waals surface area (Å²) in [4.78, 5) is 12.4. The number of ether oxygens (including phenoxy) is 1. The number of carbonyl (C=O) groups is 1. The topological polar surface area (TPSA) is 84.5 Å². The smallest absolute Gasteiger partial charge is 0.262 e. The quantitative estimate of drug-likeness (QED) is 0.700. The number of halogens is 3. The van der Waals surface area contributed by atoms with Gasteiger partial charge in [0.25, 0.3) is 15.9 Å². The van der Waals surface area contributed by atoms with Crippen LogP contribution in [0.1, 0.15) is 22.3 Å². The van der Waals surface area contributed by atoms with Crippen LogP contribution in [0.4, 0.5) is 10.1 Å². The first-order valence-corrected chi connectivity index (χ1v) is 10.8. The fraction of sp³-hybridized carbons (Fsp3) is 0.211. The predicted octanol–water partition coefficient (Wildman–Crippen LogP) is 4.28. The second kappa shape index (κ2) is 8.71. The number of amides is 1. The summed E-state index contributed by atoms with van der Waals surface area (Å²) in [6.07, 6.45) is 1.98. The van der Waals surface area contributed by atoms with Crippen molar-refractivity contribution < 1.29 is 22.3 Å². The average Bonchev–Trinajstić information content (AvgIpc) is 3.17. The lowest BCUT2D eigenvalue weighted by Gasteiger charge is -2.13. The Hall–Kier alpha value is -2.13. The Morgan fingerprint density at radius 1 is 1.24 bits per heavy atom. The van der Waals surface area contributed by atoms with Gasteiger partial charge in [-0.25, -0.2) is 12.8 Å². The van der Waals surface area contributed by atoms with Crippen molar-refractivity contribution in [1.82, 2.24) is 4.72 Å². The molecule has 154 valence electrons. The molecule has 2 N–H and O–H groups in total. The normalized spacial score (nSPS) is 15.5. The first-order chi connectivity index (χ1) is 13.7. The van der Waals surface area contributed by atoms with Crippen molar-refractivity contribution in [2.45, 2.75) is 18.2 Å². The molecule has 0 spiro atoms. The van der Waals surface area contributed by atoms with Gasteiger partial charge in [-0.15, -0.1) is 0 Å². The summed E-state index contributed by atoms with van der Waals surface area (Å²) in [5.74, 6) is -1.13. The molecule has 1 aliphatic rings. The molecule has 6 nitrogen and oxygen atoms in total. The molecule has 10 heteroatoms. The molecule has 1 heterocycles. The monoisotopic (exact) mass is 458 g/mol. The first kappa shape index (κ1) is 21.6. The van der Waals surface area contributed by atoms with Crippen molar-refractivity contribution >= 4 is 44.8 Å². The van der Waals surface area contributed by atoms with Crippen LogP contribution in [-0.2, 0) is 14.8 Å². The minimum Gasteiger partial charge on any atom is -0.377 e. The molecule has 0 saturated carbocycles. The van der Waals surface area contributed by atoms with Crippen LogP contribution in [0.2, 0.25) is 10.0 Å². The van der Waals surface area contributed by atoms with Gasteiger partial charge in [-0.1, -0.05) is 23.2 Å². The number of hydrogen-bond acceptors (Lipinski definition) is 4. The van der Waals surface area contributed by atoms with Gasteiger partial charge in [0.15, 0.2) is 0 Å². The summed E-state index contributed by atoms with van der Waals surface area (Å²) >= 11 is 12.3. The minimum atomic E-state index is -4.04. The Balaban J connectivity index is 1.90. The highest BCUT2D eigenvalue weighted by Crippen LogP contribution is 2.32. The lowest BCUT2D eigenvalue weighted by molar-refractivity contribution is 0.102. The van der Waals surface area contributed by atoms with Crippen LogP contribution in [0.15, 0.2) is 47.0 Å². The zero-order chi connectivity index (χ0) is 21.2. The van der Waals surface area contributed by atoms with Gasteiger partial charge in [-0.2, -0.15) is 0 Å². The van der Waals surface area contributed by atoms with E-state index in [9.17, 15) is 17.6 Å². The molecule has 0 aromatic heterocycles. The molecule has 1 amide bonds. The second-order valence-corrected chi connectivity index (χ2v) is 8.85. The fourth-order valence-corrected chi connectivity index (χ4v) is 4.56. The summed E-state index contributed by atoms with van der Waals surface area (Å²) in [5, 5.41) is 2.21. The summed E-state index contributed by atoms with van der Waals surface area (Å²) in [6, 6.07) is 6.51. The molecule has 1 aliphatic heterocycles. The van der Waals surface area contributed by atoms with Gasteiger partial charge in [-0.05, 0) is 54.8 Å². The van der Waals surface area contributed by atoms with Crippen LogP contribution in [-0.4, -0.2) is 27.5 Å². The zero-order valence-electron chi connectivity index (χ0n) is 15.3. The van der Waals surface area contributed by atoms with Crippen LogP contribution in [0.5, 0.6) is 0 Å². The molecule has 29 heavy (non-hydrogen) atoms. The Bertz CT molecular complexity index is 1100. The number of sulfonamides is 1. The van der Waals surface area contributed by atoms with Crippen molar-refractivity contribution in [3.05, 3.63) is 69.1 Å². The third kappa shape index (κ3) is 4.90. The number of benzene rings is 2. The van der Waals surface area contributed by atoms with Crippen LogP contribution in [0.25, 0.3) is 0 Å². The molecule has 0 atom stereocenters. The molecular formula is C19H17Cl2FN2O4S. The van der Waals surface area contributed by atoms with Crippen LogP contribution in [0.3, 0.4) is 0 Å². The van der Waals surface area contributed by atoms with E-state index in [0.29, 0.717) is 30.9 Å². The SMILES string of the molecule is Cc1cc(NC(=O)c2c(Cl)ccc(S(=O)(=O)N/C=C3\CCOC3)c2Cl)ccc1F. The molecule has 3 rings (SSSR count). The summed E-state index contributed by atoms with van der Waals surface area (Å²) < 4.78 is 46.2. The highest BCUT2D eigenvalue weighted by atomic mass is 35.5. The summed E-state index contributed by atoms with van der Waals surface area (Å²) in [6.45, 7) is 2.43. The third-order valence-electron chi connectivity index (χ3n) is 4.26. The van der Waals surface area contributed by atoms with E-state index in [2.05, 4.69) is 10.0 Å². The van der Waals surface area contributed by atoms with E-state index in [4.69, 9.17) is 27.9 Å². The van der Waals surface area contributed by atoms with Crippen molar-refractivity contribution in [3.8, 4) is 0 Å². The van der Waals surface area contributed by atoms with Crippen LogP contribution in [0, 0.1) is 12.7 Å². The molecule has 0 aliphatic carbocycles. The number of aryl methyl sites for hydroxylation is 1. The van der Waals surface area contributed by atoms with E-state index in [0.717, 1.165) is 5.57 Å². The van der Waals surface area contributed by atoms with Gasteiger partial charge >= 0.3 is 0 Å². The van der Waals surface area contributed by atoms with Gasteiger partial charge in [0.1, 0.15) is 10.7 Å². The van der Waals surface area contributed by atoms with Crippen LogP contribution >= 0.6 is 23.2 Å². The molecule has 0 bridgehead atoms. The maximum Gasteiger partial charge on any atom is 0.262 e. The Kier molecular flexibility index (Phi) is 6.48. The van der Waals surface area contributed by atoms with Gasteiger partial charge in [0, 0.05) is 11.9 Å². The number of anilines is 1. The van der Waals surface area contributed by atoms with E-state index < -0.39 is 21.7 Å². The van der Waals surface area contributed by atoms with Crippen LogP contribution < -0.4 is 10.0 Å². The highest BCUT2D eigenvalue weighted by molar-refractivity contribution is 7.89. The van der Waals surface area contributed by atoms with E-state index in [1.165, 1.54) is 36.5 Å². The molecular weight excluding hydrogens is 442 g/mol. The van der Waals surface area contributed by atoms with E-state index in [1.54, 1.807) is 6.92 Å². The number of nitrogens with one attached hydrogen (secondary N) is 2. The third-order valence-corrected chi connectivity index (χ3v) is 6.43. The van der Waals surface area contributed by atoms with E-state index in [1.807, 2.05) is 0 Å². The average molecular weight is 459 g/mol. The van der Waals surface area contributed by atoms with Gasteiger partial charge < -0.3 is 10.1 Å². The molecule has 2 aromatic rings. The first-order valence-electron chi connectivity index (χ1n) is 8.52. The largest absolute Gasteiger partial charge is 0.377 e. The van der Waals surface area contributed by atoms with E-state index in [-0.39, 0.29) is 20.5 Å². The molecule has 2 aromatic carbocycles. The molecule has 1 saturated heterocycles. The zero-order valence-corrected chi connectivity index (χ0v) is 17.6. The van der Waals surface area contributed by atoms with Gasteiger partial charge in [0.05, 0.1) is 28.8 Å². The Morgan fingerprint density at radius 2 is 2.00 bits per heavy atom. The minimum absolute atomic E-state index is 0.0205.